The molecule has 2 aromatic rings. The van der Waals surface area contributed by atoms with Crippen LogP contribution in [0, 0.1) is 5.92 Å². The number of ketones is 1. The smallest absolute Gasteiger partial charge is 0.246 e. The van der Waals surface area contributed by atoms with Gasteiger partial charge >= 0.3 is 0 Å². The number of hydrogen-bond acceptors (Lipinski definition) is 4. The molecule has 158 valence electrons. The maximum atomic E-state index is 13.3. The van der Waals surface area contributed by atoms with Gasteiger partial charge in [0.05, 0.1) is 0 Å². The zero-order chi connectivity index (χ0) is 21.7. The van der Waals surface area contributed by atoms with Gasteiger partial charge in [0, 0.05) is 43.3 Å². The molecule has 1 N–H and O–H groups in total. The van der Waals surface area contributed by atoms with Crippen LogP contribution in [-0.4, -0.2) is 53.6 Å². The van der Waals surface area contributed by atoms with Crippen molar-refractivity contribution in [1.29, 1.82) is 0 Å². The van der Waals surface area contributed by atoms with Gasteiger partial charge in [-0.3, -0.25) is 19.3 Å². The number of amides is 2. The molecular formula is C24H29N3O3. The van der Waals surface area contributed by atoms with Crippen LogP contribution in [0.1, 0.15) is 42.7 Å². The van der Waals surface area contributed by atoms with E-state index in [-0.39, 0.29) is 23.5 Å². The summed E-state index contributed by atoms with van der Waals surface area (Å²) in [7, 11) is 0. The SMILES string of the molecule is CC(=O)c1cccc(NC(=O)C(c2ccccc2)N2CCN(C(=O)C(C)C)CC2)c1. The van der Waals surface area contributed by atoms with E-state index >= 15 is 0 Å². The molecule has 0 saturated carbocycles. The fourth-order valence-electron chi connectivity index (χ4n) is 3.76. The van der Waals surface area contributed by atoms with Crippen molar-refractivity contribution < 1.29 is 14.4 Å². The standard InChI is InChI=1S/C24H29N3O3/c1-17(2)24(30)27-14-12-26(13-15-27)22(19-8-5-4-6-9-19)23(29)25-21-11-7-10-20(16-21)18(3)28/h4-11,16-17,22H,12-15H2,1-3H3,(H,25,29). The lowest BCUT2D eigenvalue weighted by Gasteiger charge is -2.39. The Bertz CT molecular complexity index is 903. The van der Waals surface area contributed by atoms with Gasteiger partial charge in [-0.05, 0) is 24.6 Å². The van der Waals surface area contributed by atoms with Crippen LogP contribution in [0.4, 0.5) is 5.69 Å². The van der Waals surface area contributed by atoms with Gasteiger partial charge in [0.1, 0.15) is 6.04 Å². The van der Waals surface area contributed by atoms with Crippen molar-refractivity contribution in [2.45, 2.75) is 26.8 Å². The van der Waals surface area contributed by atoms with E-state index in [0.717, 1.165) is 5.56 Å². The molecule has 3 rings (SSSR count). The molecule has 0 radical (unpaired) electrons. The van der Waals surface area contributed by atoms with Crippen LogP contribution in [0.25, 0.3) is 0 Å². The first-order valence-electron chi connectivity index (χ1n) is 10.4. The molecule has 0 aromatic heterocycles. The van der Waals surface area contributed by atoms with Gasteiger partial charge in [-0.2, -0.15) is 0 Å². The number of piperazine rings is 1. The van der Waals surface area contributed by atoms with E-state index in [1.54, 1.807) is 24.3 Å². The normalized spacial score (nSPS) is 15.7. The van der Waals surface area contributed by atoms with Crippen molar-refractivity contribution in [3.8, 4) is 0 Å². The third-order valence-electron chi connectivity index (χ3n) is 5.39. The quantitative estimate of drug-likeness (QED) is 0.746. The summed E-state index contributed by atoms with van der Waals surface area (Å²) in [4.78, 5) is 41.3. The number of benzene rings is 2. The number of rotatable bonds is 6. The van der Waals surface area contributed by atoms with Crippen molar-refractivity contribution in [2.24, 2.45) is 5.92 Å². The summed E-state index contributed by atoms with van der Waals surface area (Å²) in [6, 6.07) is 16.2. The molecule has 2 aromatic carbocycles. The molecule has 0 aliphatic carbocycles. The highest BCUT2D eigenvalue weighted by Gasteiger charge is 2.32. The average Bonchev–Trinajstić information content (AvgIpc) is 2.74. The molecule has 1 aliphatic heterocycles. The van der Waals surface area contributed by atoms with Crippen molar-refractivity contribution in [3.63, 3.8) is 0 Å². The van der Waals surface area contributed by atoms with Crippen LogP contribution in [0.15, 0.2) is 54.6 Å². The summed E-state index contributed by atoms with van der Waals surface area (Å²) in [5.41, 5.74) is 2.06. The maximum absolute atomic E-state index is 13.3. The Morgan fingerprint density at radius 3 is 2.17 bits per heavy atom. The van der Waals surface area contributed by atoms with Crippen molar-refractivity contribution >= 4 is 23.3 Å². The fourth-order valence-corrected chi connectivity index (χ4v) is 3.76. The molecule has 1 unspecified atom stereocenters. The van der Waals surface area contributed by atoms with Crippen LogP contribution in [0.3, 0.4) is 0 Å². The zero-order valence-corrected chi connectivity index (χ0v) is 17.8. The second-order valence-electron chi connectivity index (χ2n) is 7.96. The number of nitrogens with zero attached hydrogens (tertiary/aromatic N) is 2. The Hall–Kier alpha value is -2.99. The predicted octanol–water partition coefficient (Wildman–Crippen LogP) is 3.37. The van der Waals surface area contributed by atoms with Crippen molar-refractivity contribution in [1.82, 2.24) is 9.80 Å². The molecule has 2 amide bonds. The molecule has 1 atom stereocenters. The first-order chi connectivity index (χ1) is 14.4. The second kappa shape index (κ2) is 9.67. The molecule has 6 heteroatoms. The first-order valence-corrected chi connectivity index (χ1v) is 10.4. The number of carbonyl (C=O) groups excluding carboxylic acids is 3. The highest BCUT2D eigenvalue weighted by molar-refractivity contribution is 5.98. The number of Topliss-reactive ketones (excluding diaryl/α,β-unsaturated/α-hetero) is 1. The molecule has 1 aliphatic rings. The summed E-state index contributed by atoms with van der Waals surface area (Å²) < 4.78 is 0. The molecule has 30 heavy (non-hydrogen) atoms. The lowest BCUT2D eigenvalue weighted by molar-refractivity contribution is -0.137. The minimum atomic E-state index is -0.469. The third kappa shape index (κ3) is 5.13. The molecule has 1 heterocycles. The molecule has 1 saturated heterocycles. The summed E-state index contributed by atoms with van der Waals surface area (Å²) in [6.45, 7) is 7.78. The van der Waals surface area contributed by atoms with Gasteiger partial charge in [0.25, 0.3) is 0 Å². The Labute approximate surface area is 177 Å². The van der Waals surface area contributed by atoms with Crippen LogP contribution in [0.5, 0.6) is 0 Å². The predicted molar refractivity (Wildman–Crippen MR) is 117 cm³/mol. The first kappa shape index (κ1) is 21.7. The van der Waals surface area contributed by atoms with Gasteiger partial charge in [-0.25, -0.2) is 0 Å². The van der Waals surface area contributed by atoms with E-state index in [4.69, 9.17) is 0 Å². The van der Waals surface area contributed by atoms with Gasteiger partial charge in [0.15, 0.2) is 5.78 Å². The van der Waals surface area contributed by atoms with Gasteiger partial charge in [0.2, 0.25) is 11.8 Å². The minimum absolute atomic E-state index is 0.0293. The van der Waals surface area contributed by atoms with Crippen molar-refractivity contribution in [3.05, 3.63) is 65.7 Å². The zero-order valence-electron chi connectivity index (χ0n) is 17.8. The molecule has 6 nitrogen and oxygen atoms in total. The van der Waals surface area contributed by atoms with E-state index in [1.807, 2.05) is 49.1 Å². The Morgan fingerprint density at radius 2 is 1.57 bits per heavy atom. The molecule has 1 fully saturated rings. The monoisotopic (exact) mass is 407 g/mol. The van der Waals surface area contributed by atoms with Crippen LogP contribution in [-0.2, 0) is 9.59 Å². The van der Waals surface area contributed by atoms with E-state index < -0.39 is 6.04 Å². The second-order valence-corrected chi connectivity index (χ2v) is 7.96. The van der Waals surface area contributed by atoms with Gasteiger partial charge < -0.3 is 10.2 Å². The summed E-state index contributed by atoms with van der Waals surface area (Å²) >= 11 is 0. The third-order valence-corrected chi connectivity index (χ3v) is 5.39. The highest BCUT2D eigenvalue weighted by atomic mass is 16.2. The molecular weight excluding hydrogens is 378 g/mol. The largest absolute Gasteiger partial charge is 0.340 e. The summed E-state index contributed by atoms with van der Waals surface area (Å²) in [5.74, 6) is -0.0723. The Balaban J connectivity index is 1.79. The van der Waals surface area contributed by atoms with Crippen molar-refractivity contribution in [2.75, 3.05) is 31.5 Å². The van der Waals surface area contributed by atoms with Crippen LogP contribution in [0.2, 0.25) is 0 Å². The maximum Gasteiger partial charge on any atom is 0.246 e. The van der Waals surface area contributed by atoms with E-state index in [2.05, 4.69) is 10.2 Å². The molecule has 0 spiro atoms. The summed E-state index contributed by atoms with van der Waals surface area (Å²) in [5, 5.41) is 2.97. The van der Waals surface area contributed by atoms with Crippen LogP contribution >= 0.6 is 0 Å². The lowest BCUT2D eigenvalue weighted by Crippen LogP contribution is -2.52. The lowest BCUT2D eigenvalue weighted by atomic mass is 10.0. The Kier molecular flexibility index (Phi) is 7.00. The average molecular weight is 408 g/mol. The fraction of sp³-hybridized carbons (Fsp3) is 0.375. The number of hydrogen-bond donors (Lipinski definition) is 1. The number of nitrogens with one attached hydrogen (secondary N) is 1. The summed E-state index contributed by atoms with van der Waals surface area (Å²) in [6.07, 6.45) is 0. The Morgan fingerprint density at radius 1 is 0.900 bits per heavy atom. The van der Waals surface area contributed by atoms with E-state index in [1.165, 1.54) is 6.92 Å². The topological polar surface area (TPSA) is 69.7 Å². The van der Waals surface area contributed by atoms with Gasteiger partial charge in [-0.15, -0.1) is 0 Å². The van der Waals surface area contributed by atoms with E-state index in [0.29, 0.717) is 37.4 Å². The van der Waals surface area contributed by atoms with Gasteiger partial charge in [-0.1, -0.05) is 56.3 Å². The highest BCUT2D eigenvalue weighted by Crippen LogP contribution is 2.25. The van der Waals surface area contributed by atoms with Crippen LogP contribution < -0.4 is 5.32 Å². The number of anilines is 1. The van der Waals surface area contributed by atoms with E-state index in [9.17, 15) is 14.4 Å². The minimum Gasteiger partial charge on any atom is -0.340 e. The number of carbonyl (C=O) groups is 3. The molecule has 0 bridgehead atoms.